The molecule has 0 spiro atoms. The molecule has 6 nitrogen and oxygen atoms in total. The maximum absolute atomic E-state index is 15.0. The summed E-state index contributed by atoms with van der Waals surface area (Å²) >= 11 is 5.08. The number of nitrogens with zero attached hydrogens (tertiary/aromatic N) is 1. The van der Waals surface area contributed by atoms with E-state index in [1.807, 2.05) is 43.5 Å². The first-order chi connectivity index (χ1) is 16.9. The average molecular weight is 592 g/mol. The number of rotatable bonds is 8. The fraction of sp³-hybridized carbons (Fsp3) is 0.192. The Kier molecular flexibility index (Phi) is 7.14. The fourth-order valence-corrected chi connectivity index (χ4v) is 6.28. The minimum absolute atomic E-state index is 0.301. The second-order valence-corrected chi connectivity index (χ2v) is 12.6. The number of thiophene rings is 1. The summed E-state index contributed by atoms with van der Waals surface area (Å²) in [5.74, 6) is -0.801. The van der Waals surface area contributed by atoms with Crippen LogP contribution < -0.4 is 14.8 Å². The van der Waals surface area contributed by atoms with E-state index in [2.05, 4.69) is 15.9 Å². The Morgan fingerprint density at radius 2 is 1.83 bits per heavy atom. The predicted octanol–water partition coefficient (Wildman–Crippen LogP) is 6.09. The van der Waals surface area contributed by atoms with Crippen LogP contribution in [-0.4, -0.2) is 27.2 Å². The third-order valence-corrected chi connectivity index (χ3v) is 8.27. The van der Waals surface area contributed by atoms with Gasteiger partial charge in [-0.05, 0) is 77.0 Å². The van der Waals surface area contributed by atoms with Crippen LogP contribution in [0.2, 0.25) is 0 Å². The molecule has 188 valence electrons. The lowest BCUT2D eigenvalue weighted by Gasteiger charge is -2.30. The number of hydrogen-bond acceptors (Lipinski definition) is 5. The maximum Gasteiger partial charge on any atom is 0.255 e. The number of anilines is 2. The molecule has 0 saturated carbocycles. The largest absolute Gasteiger partial charge is 0.484 e. The van der Waals surface area contributed by atoms with Gasteiger partial charge in [0, 0.05) is 20.2 Å². The van der Waals surface area contributed by atoms with E-state index in [0.717, 1.165) is 16.3 Å². The number of sulfonamides is 1. The van der Waals surface area contributed by atoms with Crippen molar-refractivity contribution in [1.29, 1.82) is 0 Å². The molecule has 0 atom stereocenters. The SMILES string of the molecule is CC(C)(c1cc(Br)cc(N(c2ccc3sccc3c2)S(C)(=O)=O)c1)c1cc(OCC(N)=O)ccc1F. The molecule has 10 heteroatoms. The molecular weight excluding hydrogens is 567 g/mol. The fourth-order valence-electron chi connectivity index (χ4n) is 4.05. The average Bonchev–Trinajstić information content (AvgIpc) is 3.25. The first kappa shape index (κ1) is 26.1. The van der Waals surface area contributed by atoms with Gasteiger partial charge >= 0.3 is 0 Å². The smallest absolute Gasteiger partial charge is 0.255 e. The van der Waals surface area contributed by atoms with Crippen molar-refractivity contribution in [2.45, 2.75) is 19.3 Å². The van der Waals surface area contributed by atoms with Crippen molar-refractivity contribution in [2.75, 3.05) is 17.2 Å². The van der Waals surface area contributed by atoms with Crippen LogP contribution in [-0.2, 0) is 20.2 Å². The van der Waals surface area contributed by atoms with Crippen molar-refractivity contribution in [3.63, 3.8) is 0 Å². The summed E-state index contributed by atoms with van der Waals surface area (Å²) < 4.78 is 49.3. The van der Waals surface area contributed by atoms with Crippen LogP contribution in [0.5, 0.6) is 5.75 Å². The Balaban J connectivity index is 1.82. The third-order valence-electron chi connectivity index (χ3n) is 5.83. The Labute approximate surface area is 221 Å². The molecule has 4 rings (SSSR count). The van der Waals surface area contributed by atoms with Crippen LogP contribution in [0.3, 0.4) is 0 Å². The molecule has 0 radical (unpaired) electrons. The van der Waals surface area contributed by atoms with E-state index in [-0.39, 0.29) is 6.61 Å². The van der Waals surface area contributed by atoms with Crippen molar-refractivity contribution in [3.05, 3.63) is 87.5 Å². The van der Waals surface area contributed by atoms with E-state index in [9.17, 15) is 13.2 Å². The van der Waals surface area contributed by atoms with Gasteiger partial charge in [-0.25, -0.2) is 17.1 Å². The van der Waals surface area contributed by atoms with E-state index >= 15 is 4.39 Å². The molecule has 0 aliphatic carbocycles. The van der Waals surface area contributed by atoms with Crippen LogP contribution in [0, 0.1) is 5.82 Å². The van der Waals surface area contributed by atoms with Gasteiger partial charge in [-0.3, -0.25) is 4.79 Å². The zero-order valence-corrected chi connectivity index (χ0v) is 23.0. The lowest BCUT2D eigenvalue weighted by Crippen LogP contribution is -2.26. The zero-order valence-electron chi connectivity index (χ0n) is 19.8. The highest BCUT2D eigenvalue weighted by molar-refractivity contribution is 9.10. The molecule has 0 aliphatic heterocycles. The Bertz CT molecular complexity index is 1570. The van der Waals surface area contributed by atoms with Crippen LogP contribution >= 0.6 is 27.3 Å². The van der Waals surface area contributed by atoms with Gasteiger partial charge in [0.15, 0.2) is 6.61 Å². The first-order valence-corrected chi connectivity index (χ1v) is 14.4. The number of nitrogens with two attached hydrogens (primary N) is 1. The molecule has 36 heavy (non-hydrogen) atoms. The summed E-state index contributed by atoms with van der Waals surface area (Å²) in [7, 11) is -3.72. The van der Waals surface area contributed by atoms with Gasteiger partial charge < -0.3 is 10.5 Å². The maximum atomic E-state index is 15.0. The first-order valence-electron chi connectivity index (χ1n) is 10.9. The summed E-state index contributed by atoms with van der Waals surface area (Å²) in [6.45, 7) is 3.33. The van der Waals surface area contributed by atoms with Gasteiger partial charge in [-0.15, -0.1) is 11.3 Å². The highest BCUT2D eigenvalue weighted by Crippen LogP contribution is 2.40. The number of halogens is 2. The predicted molar refractivity (Wildman–Crippen MR) is 146 cm³/mol. The third kappa shape index (κ3) is 5.40. The monoisotopic (exact) mass is 590 g/mol. The number of hydrogen-bond donors (Lipinski definition) is 1. The van der Waals surface area contributed by atoms with Crippen LogP contribution in [0.25, 0.3) is 10.1 Å². The summed E-state index contributed by atoms with van der Waals surface area (Å²) in [6, 6.07) is 16.9. The Hall–Kier alpha value is -2.95. The van der Waals surface area contributed by atoms with Gasteiger partial charge in [0.25, 0.3) is 5.91 Å². The molecule has 0 unspecified atom stereocenters. The number of ether oxygens (including phenoxy) is 1. The highest BCUT2D eigenvalue weighted by atomic mass is 79.9. The van der Waals surface area contributed by atoms with Crippen LogP contribution in [0.1, 0.15) is 25.0 Å². The quantitative estimate of drug-likeness (QED) is 0.269. The van der Waals surface area contributed by atoms with Gasteiger partial charge in [-0.2, -0.15) is 0 Å². The Morgan fingerprint density at radius 3 is 2.53 bits per heavy atom. The van der Waals surface area contributed by atoms with Gasteiger partial charge in [0.2, 0.25) is 10.0 Å². The van der Waals surface area contributed by atoms with Gasteiger partial charge in [-0.1, -0.05) is 29.8 Å². The number of amides is 1. The van der Waals surface area contributed by atoms with Crippen molar-refractivity contribution in [3.8, 4) is 5.75 Å². The number of fused-ring (bicyclic) bond motifs is 1. The molecule has 0 saturated heterocycles. The van der Waals surface area contributed by atoms with E-state index in [4.69, 9.17) is 10.5 Å². The highest BCUT2D eigenvalue weighted by Gasteiger charge is 2.30. The molecule has 0 fully saturated rings. The number of carbonyl (C=O) groups excluding carboxylic acids is 1. The molecular formula is C26H24BrFN2O4S2. The van der Waals surface area contributed by atoms with Crippen molar-refractivity contribution in [1.82, 2.24) is 0 Å². The van der Waals surface area contributed by atoms with E-state index in [0.29, 0.717) is 32.7 Å². The minimum Gasteiger partial charge on any atom is -0.484 e. The summed E-state index contributed by atoms with van der Waals surface area (Å²) in [6.07, 6.45) is 1.15. The molecule has 1 heterocycles. The number of primary amides is 1. The second kappa shape index (κ2) is 9.84. The van der Waals surface area contributed by atoms with Gasteiger partial charge in [0.1, 0.15) is 11.6 Å². The normalized spacial score (nSPS) is 12.0. The topological polar surface area (TPSA) is 89.7 Å². The molecule has 1 aromatic heterocycles. The van der Waals surface area contributed by atoms with E-state index in [1.165, 1.54) is 22.5 Å². The number of carbonyl (C=O) groups is 1. The van der Waals surface area contributed by atoms with E-state index < -0.39 is 27.2 Å². The van der Waals surface area contributed by atoms with Crippen molar-refractivity contribution >= 4 is 64.7 Å². The van der Waals surface area contributed by atoms with Crippen LogP contribution in [0.4, 0.5) is 15.8 Å². The number of benzene rings is 3. The molecule has 4 aromatic rings. The van der Waals surface area contributed by atoms with Gasteiger partial charge in [0.05, 0.1) is 17.6 Å². The molecule has 1 amide bonds. The second-order valence-electron chi connectivity index (χ2n) is 8.89. The van der Waals surface area contributed by atoms with Crippen molar-refractivity contribution in [2.24, 2.45) is 5.73 Å². The molecule has 2 N–H and O–H groups in total. The summed E-state index contributed by atoms with van der Waals surface area (Å²) in [5, 5.41) is 2.89. The lowest BCUT2D eigenvalue weighted by atomic mass is 9.77. The van der Waals surface area contributed by atoms with E-state index in [1.54, 1.807) is 29.5 Å². The van der Waals surface area contributed by atoms with Crippen LogP contribution in [0.15, 0.2) is 70.5 Å². The standard InChI is InChI=1S/C26H24BrFN2O4S2/c1-26(2,22-14-21(5-6-23(22)28)34-15-25(29)31)17-11-18(27)13-20(12-17)30(36(3,32)33)19-4-7-24-16(10-19)8-9-35-24/h4-14H,15H2,1-3H3,(H2,29,31). The lowest BCUT2D eigenvalue weighted by molar-refractivity contribution is -0.119. The van der Waals surface area contributed by atoms with Crippen molar-refractivity contribution < 1.29 is 22.3 Å². The minimum atomic E-state index is -3.72. The molecule has 3 aromatic carbocycles. The Morgan fingerprint density at radius 1 is 1.08 bits per heavy atom. The molecule has 0 bridgehead atoms. The molecule has 0 aliphatic rings. The summed E-state index contributed by atoms with van der Waals surface area (Å²) in [4.78, 5) is 11.1. The zero-order chi connectivity index (χ0) is 26.3. The summed E-state index contributed by atoms with van der Waals surface area (Å²) in [5.41, 5.74) is 6.16.